The zero-order chi connectivity index (χ0) is 23.1. The van der Waals surface area contributed by atoms with Crippen molar-refractivity contribution in [3.8, 4) is 0 Å². The van der Waals surface area contributed by atoms with Crippen molar-refractivity contribution in [1.82, 2.24) is 10.3 Å². The Kier molecular flexibility index (Phi) is 12.4. The van der Waals surface area contributed by atoms with Gasteiger partial charge >= 0.3 is 29.6 Å². The number of pyridine rings is 1. The molecule has 0 saturated carbocycles. The first-order valence-electron chi connectivity index (χ1n) is 9.78. The molecule has 0 atom stereocenters. The van der Waals surface area contributed by atoms with Gasteiger partial charge < -0.3 is 29.7 Å². The average Bonchev–Trinajstić information content (AvgIpc) is 2.65. The fourth-order valence-electron chi connectivity index (χ4n) is 2.76. The Bertz CT molecular complexity index is 851. The van der Waals surface area contributed by atoms with Crippen LogP contribution in [0.15, 0.2) is 47.3 Å². The van der Waals surface area contributed by atoms with Gasteiger partial charge in [-0.2, -0.15) is 12.8 Å². The molecule has 0 fully saturated rings. The van der Waals surface area contributed by atoms with Gasteiger partial charge in [0.15, 0.2) is 11.5 Å². The summed E-state index contributed by atoms with van der Waals surface area (Å²) in [6, 6.07) is 2.48. The summed E-state index contributed by atoms with van der Waals surface area (Å²) in [5, 5.41) is 22.2. The molecule has 0 saturated heterocycles. The van der Waals surface area contributed by atoms with E-state index in [1.165, 1.54) is 38.3 Å². The minimum atomic E-state index is -1.35. The zero-order valence-corrected chi connectivity index (χ0v) is 21.1. The number of aliphatic hydroxyl groups is 1. The fraction of sp³-hybridized carbons (Fsp3) is 0.375. The molecule has 2 N–H and O–H groups in total. The van der Waals surface area contributed by atoms with Crippen molar-refractivity contribution in [3.05, 3.63) is 84.7 Å². The third-order valence-corrected chi connectivity index (χ3v) is 4.73. The molecule has 0 radical (unpaired) electrons. The predicted molar refractivity (Wildman–Crippen MR) is 119 cm³/mol. The summed E-state index contributed by atoms with van der Waals surface area (Å²) >= 11 is 0. The molecule has 1 aromatic heterocycles. The molecule has 164 valence electrons. The van der Waals surface area contributed by atoms with Gasteiger partial charge in [0, 0.05) is 6.20 Å². The van der Waals surface area contributed by atoms with Crippen LogP contribution >= 0.6 is 0 Å². The summed E-state index contributed by atoms with van der Waals surface area (Å²) in [5.74, 6) is -0.0646. The van der Waals surface area contributed by atoms with Gasteiger partial charge in [0.25, 0.3) is 5.91 Å². The number of rotatable bonds is 6. The van der Waals surface area contributed by atoms with Crippen LogP contribution in [0.25, 0.3) is 5.41 Å². The number of nitrogens with zero attached hydrogens (tertiary/aromatic N) is 2. The molecule has 0 spiro atoms. The molecule has 0 aliphatic heterocycles. The van der Waals surface area contributed by atoms with E-state index in [1.807, 2.05) is 0 Å². The molecule has 1 aliphatic rings. The van der Waals surface area contributed by atoms with E-state index in [4.69, 9.17) is 6.58 Å². The Morgan fingerprint density at radius 2 is 1.90 bits per heavy atom. The predicted octanol–water partition coefficient (Wildman–Crippen LogP) is 1.63. The maximum atomic E-state index is 13.6. The molecule has 0 aromatic carbocycles. The number of hydrogen-bond acceptors (Lipinski definition) is 3. The minimum Gasteiger partial charge on any atom is -0.872 e. The van der Waals surface area contributed by atoms with Crippen molar-refractivity contribution in [2.75, 3.05) is 0 Å². The second-order valence-electron chi connectivity index (χ2n) is 7.89. The second kappa shape index (κ2) is 13.1. The Balaban J connectivity index is 0.000000858. The number of amides is 1. The minimum absolute atomic E-state index is 0. The fourth-order valence-corrected chi connectivity index (χ4v) is 2.76. The number of nitrogens with one attached hydrogen (secondary N) is 1. The maximum absolute atomic E-state index is 13.6. The van der Waals surface area contributed by atoms with Gasteiger partial charge in [0.1, 0.15) is 0 Å². The molecule has 7 heteroatoms. The number of allylic oxidation sites excluding steroid dienone is 3. The molecule has 31 heavy (non-hydrogen) atoms. The third kappa shape index (κ3) is 8.81. The van der Waals surface area contributed by atoms with Crippen LogP contribution < -0.4 is 34.9 Å². The van der Waals surface area contributed by atoms with Crippen molar-refractivity contribution in [1.29, 1.82) is 0 Å². The van der Waals surface area contributed by atoms with Gasteiger partial charge in [0.05, 0.1) is 5.60 Å². The molecule has 0 unspecified atom stereocenters. The van der Waals surface area contributed by atoms with E-state index >= 15 is 0 Å². The molecule has 5 nitrogen and oxygen atoms in total. The Morgan fingerprint density at radius 3 is 2.32 bits per heavy atom. The molecular weight excluding hydrogens is 404 g/mol. The van der Waals surface area contributed by atoms with Crippen molar-refractivity contribution in [2.24, 2.45) is 11.8 Å². The summed E-state index contributed by atoms with van der Waals surface area (Å²) in [6.45, 7) is 20.7. The smallest absolute Gasteiger partial charge is 0.872 e. The van der Waals surface area contributed by atoms with Gasteiger partial charge in [-0.3, -0.25) is 10.5 Å². The summed E-state index contributed by atoms with van der Waals surface area (Å²) in [6.07, 6.45) is 5.89. The standard InChI is InChI=1S/C16H14FN3O2.C8H16.Na/c1-9-7-13(10(8-12(9)18)16(2,3)22)20-15(21)14-11(17)5-4-6-19-14;1-5-8(6-2)7(3)4;/h1,4-8,22H,2-3H3,(H,20,21);7-8H,1-2,5-6H2,3-4H3;/q2*-2;+1. The van der Waals surface area contributed by atoms with E-state index in [2.05, 4.69) is 38.0 Å². The normalized spacial score (nSPS) is 13.7. The molecule has 1 aliphatic carbocycles. The average molecular weight is 435 g/mol. The van der Waals surface area contributed by atoms with Crippen molar-refractivity contribution < 1.29 is 43.8 Å². The molecule has 1 heterocycles. The molecule has 1 aromatic rings. The van der Waals surface area contributed by atoms with Crippen LogP contribution in [0, 0.1) is 38.1 Å². The largest absolute Gasteiger partial charge is 1.00 e. The third-order valence-electron chi connectivity index (χ3n) is 4.73. The van der Waals surface area contributed by atoms with Gasteiger partial charge in [-0.25, -0.2) is 21.5 Å². The first-order chi connectivity index (χ1) is 13.9. The van der Waals surface area contributed by atoms with Crippen LogP contribution in [0.4, 0.5) is 4.39 Å². The van der Waals surface area contributed by atoms with Crippen molar-refractivity contribution >= 4 is 11.6 Å². The Morgan fingerprint density at radius 1 is 1.32 bits per heavy atom. The van der Waals surface area contributed by atoms with Crippen LogP contribution in [0.2, 0.25) is 0 Å². The van der Waals surface area contributed by atoms with Crippen molar-refractivity contribution in [2.45, 2.75) is 46.1 Å². The van der Waals surface area contributed by atoms with E-state index in [-0.39, 0.29) is 57.8 Å². The number of halogens is 1. The van der Waals surface area contributed by atoms with Gasteiger partial charge in [-0.15, -0.1) is 12.2 Å². The zero-order valence-electron chi connectivity index (χ0n) is 19.1. The van der Waals surface area contributed by atoms with E-state index < -0.39 is 17.3 Å². The van der Waals surface area contributed by atoms with Crippen LogP contribution in [-0.2, 0) is 0 Å². The van der Waals surface area contributed by atoms with Gasteiger partial charge in [-0.1, -0.05) is 19.8 Å². The summed E-state index contributed by atoms with van der Waals surface area (Å²) in [5.41, 5.74) is -1.53. The summed E-state index contributed by atoms with van der Waals surface area (Å²) in [7, 11) is 0. The topological polar surface area (TPSA) is 84.5 Å². The van der Waals surface area contributed by atoms with Crippen LogP contribution in [-0.4, -0.2) is 27.3 Å². The van der Waals surface area contributed by atoms with E-state index in [0.29, 0.717) is 0 Å². The van der Waals surface area contributed by atoms with Crippen molar-refractivity contribution in [3.63, 3.8) is 0 Å². The second-order valence-corrected chi connectivity index (χ2v) is 7.89. The monoisotopic (exact) mass is 434 g/mol. The van der Waals surface area contributed by atoms with Crippen LogP contribution in [0.1, 0.15) is 51.0 Å². The molecule has 1 amide bonds. The first kappa shape index (κ1) is 29.4. The number of aromatic nitrogens is 1. The molecule has 2 rings (SSSR count). The maximum Gasteiger partial charge on any atom is 1.00 e. The SMILES string of the molecule is [CH-]=C1C=C(NC(=O)c2ncccc2F)C(C(C)(C)O)=CC1=[N-].[CH2-]CC(C[CH2-])C(C)C.[Na+]. The van der Waals surface area contributed by atoms with Crippen LogP contribution in [0.3, 0.4) is 0 Å². The summed E-state index contributed by atoms with van der Waals surface area (Å²) < 4.78 is 13.6. The molecule has 0 bridgehead atoms. The van der Waals surface area contributed by atoms with E-state index in [0.717, 1.165) is 30.7 Å². The number of carbonyl (C=O) groups is 1. The van der Waals surface area contributed by atoms with E-state index in [9.17, 15) is 19.7 Å². The number of hydrogen-bond donors (Lipinski definition) is 2. The number of carbonyl (C=O) groups excluding carboxylic acids is 1. The summed E-state index contributed by atoms with van der Waals surface area (Å²) in [4.78, 5) is 15.8. The van der Waals surface area contributed by atoms with Gasteiger partial charge in [0.2, 0.25) is 0 Å². The Hall–Kier alpha value is -1.60. The van der Waals surface area contributed by atoms with Gasteiger partial charge in [-0.05, 0) is 43.2 Å². The molecular formula is C24H30FN3NaO2-3. The van der Waals surface area contributed by atoms with Crippen LogP contribution in [0.5, 0.6) is 0 Å². The Labute approximate surface area is 207 Å². The quantitative estimate of drug-likeness (QED) is 0.527. The first-order valence-corrected chi connectivity index (χ1v) is 9.78. The van der Waals surface area contributed by atoms with E-state index in [1.54, 1.807) is 0 Å².